The third kappa shape index (κ3) is 3.85. The third-order valence-corrected chi connectivity index (χ3v) is 2.99. The first-order valence-electron chi connectivity index (χ1n) is 6.37. The molecule has 0 aliphatic carbocycles. The SMILES string of the molecule is CC(Nc1ccc(NC(N)=O)cc1)c1ccc(O)cc1F. The zero-order chi connectivity index (χ0) is 15.4. The highest BCUT2D eigenvalue weighted by atomic mass is 19.1. The first kappa shape index (κ1) is 14.6. The van der Waals surface area contributed by atoms with E-state index < -0.39 is 11.8 Å². The second-order valence-electron chi connectivity index (χ2n) is 4.64. The van der Waals surface area contributed by atoms with Gasteiger partial charge in [0.05, 0.1) is 6.04 Å². The number of halogens is 1. The molecule has 0 saturated carbocycles. The number of urea groups is 1. The van der Waals surface area contributed by atoms with Crippen LogP contribution in [0.4, 0.5) is 20.6 Å². The zero-order valence-electron chi connectivity index (χ0n) is 11.4. The molecule has 2 amide bonds. The van der Waals surface area contributed by atoms with E-state index in [-0.39, 0.29) is 11.8 Å². The van der Waals surface area contributed by atoms with Gasteiger partial charge in [0.15, 0.2) is 0 Å². The van der Waals surface area contributed by atoms with Crippen LogP contribution < -0.4 is 16.4 Å². The van der Waals surface area contributed by atoms with E-state index in [1.165, 1.54) is 12.1 Å². The summed E-state index contributed by atoms with van der Waals surface area (Å²) in [6, 6.07) is 10.0. The minimum absolute atomic E-state index is 0.106. The lowest BCUT2D eigenvalue weighted by Crippen LogP contribution is -2.19. The highest BCUT2D eigenvalue weighted by molar-refractivity contribution is 5.87. The Hall–Kier alpha value is -2.76. The number of amides is 2. The van der Waals surface area contributed by atoms with Crippen molar-refractivity contribution in [3.8, 4) is 5.75 Å². The van der Waals surface area contributed by atoms with Crippen LogP contribution in [0.3, 0.4) is 0 Å². The highest BCUT2D eigenvalue weighted by Gasteiger charge is 2.11. The molecular formula is C15H16FN3O2. The van der Waals surface area contributed by atoms with E-state index in [9.17, 15) is 14.3 Å². The number of carbonyl (C=O) groups excluding carboxylic acids is 1. The van der Waals surface area contributed by atoms with E-state index in [4.69, 9.17) is 5.73 Å². The smallest absolute Gasteiger partial charge is 0.316 e. The van der Waals surface area contributed by atoms with Crippen LogP contribution in [0.1, 0.15) is 18.5 Å². The van der Waals surface area contributed by atoms with E-state index in [2.05, 4.69) is 10.6 Å². The van der Waals surface area contributed by atoms with Crippen molar-refractivity contribution in [1.29, 1.82) is 0 Å². The number of primary amides is 1. The van der Waals surface area contributed by atoms with Gasteiger partial charge in [0, 0.05) is 23.0 Å². The number of nitrogens with one attached hydrogen (secondary N) is 2. The molecule has 2 aromatic carbocycles. The monoisotopic (exact) mass is 289 g/mol. The van der Waals surface area contributed by atoms with Crippen LogP contribution in [-0.2, 0) is 0 Å². The summed E-state index contributed by atoms with van der Waals surface area (Å²) in [5, 5.41) is 14.8. The summed E-state index contributed by atoms with van der Waals surface area (Å²) in [7, 11) is 0. The van der Waals surface area contributed by atoms with Gasteiger partial charge in [-0.1, -0.05) is 6.07 Å². The molecule has 0 fully saturated rings. The number of aromatic hydroxyl groups is 1. The molecule has 2 aromatic rings. The number of phenols is 1. The van der Waals surface area contributed by atoms with E-state index >= 15 is 0 Å². The third-order valence-electron chi connectivity index (χ3n) is 2.99. The largest absolute Gasteiger partial charge is 0.508 e. The van der Waals surface area contributed by atoms with Gasteiger partial charge in [-0.05, 0) is 37.3 Å². The molecule has 2 rings (SSSR count). The van der Waals surface area contributed by atoms with Gasteiger partial charge < -0.3 is 21.5 Å². The fraction of sp³-hybridized carbons (Fsp3) is 0.133. The van der Waals surface area contributed by atoms with E-state index in [1.54, 1.807) is 24.3 Å². The lowest BCUT2D eigenvalue weighted by Gasteiger charge is -2.17. The first-order valence-corrected chi connectivity index (χ1v) is 6.37. The standard InChI is InChI=1S/C15H16FN3O2/c1-9(13-7-6-12(20)8-14(13)16)18-10-2-4-11(5-3-10)19-15(17)21/h2-9,18,20H,1H3,(H3,17,19,21). The number of phenolic OH excluding ortho intramolecular Hbond substituents is 1. The molecular weight excluding hydrogens is 273 g/mol. The molecule has 0 bridgehead atoms. The summed E-state index contributed by atoms with van der Waals surface area (Å²) in [5.41, 5.74) is 6.82. The molecule has 0 radical (unpaired) electrons. The molecule has 0 saturated heterocycles. The average Bonchev–Trinajstić information content (AvgIpc) is 2.40. The summed E-state index contributed by atoms with van der Waals surface area (Å²) in [4.78, 5) is 10.7. The highest BCUT2D eigenvalue weighted by Crippen LogP contribution is 2.25. The number of carbonyl (C=O) groups is 1. The molecule has 1 atom stereocenters. The molecule has 0 aromatic heterocycles. The molecule has 6 heteroatoms. The number of hydrogen-bond acceptors (Lipinski definition) is 3. The van der Waals surface area contributed by atoms with Crippen molar-refractivity contribution in [2.45, 2.75) is 13.0 Å². The Morgan fingerprint density at radius 2 is 1.81 bits per heavy atom. The molecule has 0 heterocycles. The van der Waals surface area contributed by atoms with Crippen LogP contribution in [0, 0.1) is 5.82 Å². The van der Waals surface area contributed by atoms with Crippen molar-refractivity contribution < 1.29 is 14.3 Å². The fourth-order valence-corrected chi connectivity index (χ4v) is 1.99. The maximum atomic E-state index is 13.7. The van der Waals surface area contributed by atoms with Crippen molar-refractivity contribution in [2.75, 3.05) is 10.6 Å². The van der Waals surface area contributed by atoms with Crippen LogP contribution in [-0.4, -0.2) is 11.1 Å². The van der Waals surface area contributed by atoms with E-state index in [1.807, 2.05) is 6.92 Å². The van der Waals surface area contributed by atoms with Crippen LogP contribution in [0.5, 0.6) is 5.75 Å². The van der Waals surface area contributed by atoms with Crippen LogP contribution >= 0.6 is 0 Å². The number of hydrogen-bond donors (Lipinski definition) is 4. The van der Waals surface area contributed by atoms with Gasteiger partial charge in [-0.2, -0.15) is 0 Å². The number of rotatable bonds is 4. The Bertz CT molecular complexity index is 644. The minimum Gasteiger partial charge on any atom is -0.508 e. The van der Waals surface area contributed by atoms with Crippen LogP contribution in [0.2, 0.25) is 0 Å². The molecule has 21 heavy (non-hydrogen) atoms. The molecule has 0 aliphatic rings. The van der Waals surface area contributed by atoms with Crippen molar-refractivity contribution >= 4 is 17.4 Å². The number of nitrogens with two attached hydrogens (primary N) is 1. The van der Waals surface area contributed by atoms with Gasteiger partial charge in [0.2, 0.25) is 0 Å². The summed E-state index contributed by atoms with van der Waals surface area (Å²) in [6.45, 7) is 1.81. The van der Waals surface area contributed by atoms with Crippen LogP contribution in [0.25, 0.3) is 0 Å². The minimum atomic E-state index is -0.629. The summed E-state index contributed by atoms with van der Waals surface area (Å²) < 4.78 is 13.7. The molecule has 0 aliphatic heterocycles. The average molecular weight is 289 g/mol. The molecule has 5 nitrogen and oxygen atoms in total. The van der Waals surface area contributed by atoms with Crippen LogP contribution in [0.15, 0.2) is 42.5 Å². The van der Waals surface area contributed by atoms with Gasteiger partial charge in [0.1, 0.15) is 11.6 Å². The Morgan fingerprint density at radius 1 is 1.19 bits per heavy atom. The molecule has 5 N–H and O–H groups in total. The molecule has 1 unspecified atom stereocenters. The summed E-state index contributed by atoms with van der Waals surface area (Å²) in [5.74, 6) is -0.577. The first-order chi connectivity index (χ1) is 9.95. The van der Waals surface area contributed by atoms with E-state index in [0.29, 0.717) is 11.3 Å². The quantitative estimate of drug-likeness (QED) is 0.697. The predicted molar refractivity (Wildman–Crippen MR) is 79.8 cm³/mol. The topological polar surface area (TPSA) is 87.4 Å². The molecule has 0 spiro atoms. The Kier molecular flexibility index (Phi) is 4.27. The summed E-state index contributed by atoms with van der Waals surface area (Å²) in [6.07, 6.45) is 0. The van der Waals surface area contributed by atoms with Gasteiger partial charge in [-0.15, -0.1) is 0 Å². The van der Waals surface area contributed by atoms with Gasteiger partial charge >= 0.3 is 6.03 Å². The number of benzene rings is 2. The van der Waals surface area contributed by atoms with Crippen molar-refractivity contribution in [2.24, 2.45) is 5.73 Å². The lowest BCUT2D eigenvalue weighted by atomic mass is 10.1. The predicted octanol–water partition coefficient (Wildman–Crippen LogP) is 3.20. The zero-order valence-corrected chi connectivity index (χ0v) is 11.4. The Morgan fingerprint density at radius 3 is 2.38 bits per heavy atom. The second kappa shape index (κ2) is 6.13. The molecule has 110 valence electrons. The second-order valence-corrected chi connectivity index (χ2v) is 4.64. The maximum Gasteiger partial charge on any atom is 0.316 e. The fourth-order valence-electron chi connectivity index (χ4n) is 1.99. The van der Waals surface area contributed by atoms with Crippen molar-refractivity contribution in [3.63, 3.8) is 0 Å². The normalized spacial score (nSPS) is 11.7. The van der Waals surface area contributed by atoms with Gasteiger partial charge in [-0.3, -0.25) is 0 Å². The Labute approximate surface area is 121 Å². The lowest BCUT2D eigenvalue weighted by molar-refractivity contribution is 0.259. The Balaban J connectivity index is 2.08. The van der Waals surface area contributed by atoms with Crippen molar-refractivity contribution in [3.05, 3.63) is 53.8 Å². The van der Waals surface area contributed by atoms with Gasteiger partial charge in [0.25, 0.3) is 0 Å². The number of anilines is 2. The summed E-state index contributed by atoms with van der Waals surface area (Å²) >= 11 is 0. The van der Waals surface area contributed by atoms with E-state index in [0.717, 1.165) is 11.8 Å². The van der Waals surface area contributed by atoms with Crippen molar-refractivity contribution in [1.82, 2.24) is 0 Å². The maximum absolute atomic E-state index is 13.7. The van der Waals surface area contributed by atoms with Gasteiger partial charge in [-0.25, -0.2) is 9.18 Å².